The molecule has 0 aliphatic rings. The van der Waals surface area contributed by atoms with Gasteiger partial charge in [-0.05, 0) is 60.0 Å². The zero-order chi connectivity index (χ0) is 23.1. The molecule has 0 unspecified atom stereocenters. The number of nitrogens with zero attached hydrogens (tertiary/aromatic N) is 1. The Balaban J connectivity index is 1.50. The minimum Gasteiger partial charge on any atom is -0.455 e. The van der Waals surface area contributed by atoms with Crippen LogP contribution >= 0.6 is 0 Å². The van der Waals surface area contributed by atoms with E-state index < -0.39 is 0 Å². The highest BCUT2D eigenvalue weighted by atomic mass is 16.3. The maximum atomic E-state index is 12.4. The molecule has 3 nitrogen and oxygen atoms in total. The van der Waals surface area contributed by atoms with E-state index in [1.54, 1.807) is 13.1 Å². The van der Waals surface area contributed by atoms with Crippen molar-refractivity contribution in [2.75, 3.05) is 0 Å². The van der Waals surface area contributed by atoms with E-state index in [1.165, 1.54) is 0 Å². The highest BCUT2D eigenvalue weighted by Gasteiger charge is 2.14. The Morgan fingerprint density at radius 1 is 0.676 bits per heavy atom. The Morgan fingerprint density at radius 3 is 2.21 bits per heavy atom. The number of pyridine rings is 1. The molecule has 2 heterocycles. The molecule has 162 valence electrons. The molecule has 0 radical (unpaired) electrons. The number of Topliss-reactive ketones (excluding diaryl/α,β-unsaturated/α-hetero) is 1. The lowest BCUT2D eigenvalue weighted by Gasteiger charge is -2.10. The number of para-hydroxylation sites is 2. The second kappa shape index (κ2) is 8.13. The van der Waals surface area contributed by atoms with Crippen molar-refractivity contribution < 1.29 is 9.21 Å². The zero-order valence-corrected chi connectivity index (χ0v) is 18.7. The summed E-state index contributed by atoms with van der Waals surface area (Å²) in [6.07, 6.45) is 1.80. The fourth-order valence-corrected chi connectivity index (χ4v) is 4.49. The highest BCUT2D eigenvalue weighted by Crippen LogP contribution is 2.37. The van der Waals surface area contributed by atoms with E-state index in [2.05, 4.69) is 53.5 Å². The maximum absolute atomic E-state index is 12.4. The average Bonchev–Trinajstić information content (AvgIpc) is 3.28. The molecule has 0 atom stereocenters. The molecule has 0 saturated carbocycles. The Bertz CT molecular complexity index is 1660. The van der Waals surface area contributed by atoms with E-state index in [0.29, 0.717) is 5.56 Å². The van der Waals surface area contributed by atoms with Crippen molar-refractivity contribution in [3.05, 3.63) is 115 Å². The van der Waals surface area contributed by atoms with Gasteiger partial charge in [-0.1, -0.05) is 66.7 Å². The van der Waals surface area contributed by atoms with Crippen molar-refractivity contribution in [2.45, 2.75) is 6.92 Å². The van der Waals surface area contributed by atoms with E-state index in [4.69, 9.17) is 4.42 Å². The summed E-state index contributed by atoms with van der Waals surface area (Å²) in [5.41, 5.74) is 8.32. The topological polar surface area (TPSA) is 43.1 Å². The van der Waals surface area contributed by atoms with Gasteiger partial charge in [0.05, 0.1) is 5.69 Å². The van der Waals surface area contributed by atoms with Crippen molar-refractivity contribution in [1.29, 1.82) is 0 Å². The van der Waals surface area contributed by atoms with Gasteiger partial charge in [-0.15, -0.1) is 0 Å². The van der Waals surface area contributed by atoms with Crippen molar-refractivity contribution in [3.8, 4) is 33.5 Å². The Labute approximate surface area is 197 Å². The highest BCUT2D eigenvalue weighted by molar-refractivity contribution is 6.10. The number of benzene rings is 4. The van der Waals surface area contributed by atoms with Crippen LogP contribution in [0.5, 0.6) is 0 Å². The molecule has 0 saturated heterocycles. The van der Waals surface area contributed by atoms with Gasteiger partial charge < -0.3 is 4.42 Å². The largest absolute Gasteiger partial charge is 0.455 e. The van der Waals surface area contributed by atoms with Gasteiger partial charge in [0.1, 0.15) is 11.2 Å². The van der Waals surface area contributed by atoms with E-state index >= 15 is 0 Å². The van der Waals surface area contributed by atoms with Gasteiger partial charge in [-0.2, -0.15) is 0 Å². The van der Waals surface area contributed by atoms with Crippen LogP contribution in [-0.2, 0) is 0 Å². The fraction of sp³-hybridized carbons (Fsp3) is 0.0323. The fourth-order valence-electron chi connectivity index (χ4n) is 4.49. The monoisotopic (exact) mass is 439 g/mol. The molecule has 34 heavy (non-hydrogen) atoms. The number of ketones is 1. The molecule has 4 aromatic carbocycles. The van der Waals surface area contributed by atoms with Crippen molar-refractivity contribution in [3.63, 3.8) is 0 Å². The third kappa shape index (κ3) is 3.48. The second-order valence-corrected chi connectivity index (χ2v) is 8.43. The lowest BCUT2D eigenvalue weighted by atomic mass is 9.93. The van der Waals surface area contributed by atoms with Gasteiger partial charge in [0.25, 0.3) is 0 Å². The van der Waals surface area contributed by atoms with Crippen LogP contribution in [0.1, 0.15) is 17.3 Å². The SMILES string of the molecule is CC(=O)c1cc(-c2ccc(-c3ccccn3)cc2)cc(-c2cccc3c2oc2ccccc23)c1. The van der Waals surface area contributed by atoms with Crippen LogP contribution in [-0.4, -0.2) is 10.8 Å². The van der Waals surface area contributed by atoms with Gasteiger partial charge in [0, 0.05) is 33.7 Å². The van der Waals surface area contributed by atoms with E-state index in [0.717, 1.165) is 55.4 Å². The summed E-state index contributed by atoms with van der Waals surface area (Å²) in [5.74, 6) is 0.0324. The number of furan rings is 1. The molecular formula is C31H21NO2. The van der Waals surface area contributed by atoms with Crippen LogP contribution in [0, 0.1) is 0 Å². The van der Waals surface area contributed by atoms with Gasteiger partial charge >= 0.3 is 0 Å². The quantitative estimate of drug-likeness (QED) is 0.260. The summed E-state index contributed by atoms with van der Waals surface area (Å²) < 4.78 is 6.26. The third-order valence-corrected chi connectivity index (χ3v) is 6.23. The van der Waals surface area contributed by atoms with Crippen LogP contribution < -0.4 is 0 Å². The Kier molecular flexibility index (Phi) is 4.81. The predicted octanol–water partition coefficient (Wildman–Crippen LogP) is 8.18. The van der Waals surface area contributed by atoms with Gasteiger partial charge in [0.2, 0.25) is 0 Å². The van der Waals surface area contributed by atoms with E-state index in [1.807, 2.05) is 54.6 Å². The third-order valence-electron chi connectivity index (χ3n) is 6.23. The van der Waals surface area contributed by atoms with Crippen molar-refractivity contribution in [1.82, 2.24) is 4.98 Å². The molecule has 3 heteroatoms. The number of hydrogen-bond acceptors (Lipinski definition) is 3. The predicted molar refractivity (Wildman–Crippen MR) is 138 cm³/mol. The lowest BCUT2D eigenvalue weighted by Crippen LogP contribution is -1.94. The first kappa shape index (κ1) is 20.1. The summed E-state index contributed by atoms with van der Waals surface area (Å²) in [7, 11) is 0. The summed E-state index contributed by atoms with van der Waals surface area (Å²) in [6, 6.07) is 34.5. The first-order chi connectivity index (χ1) is 16.7. The Hall–Kier alpha value is -4.50. The van der Waals surface area contributed by atoms with Crippen LogP contribution in [0.15, 0.2) is 114 Å². The molecular weight excluding hydrogens is 418 g/mol. The van der Waals surface area contributed by atoms with Gasteiger partial charge in [0.15, 0.2) is 5.78 Å². The molecule has 0 fully saturated rings. The van der Waals surface area contributed by atoms with Crippen LogP contribution in [0.4, 0.5) is 0 Å². The molecule has 0 aliphatic carbocycles. The number of carbonyl (C=O) groups excluding carboxylic acids is 1. The number of aromatic nitrogens is 1. The maximum Gasteiger partial charge on any atom is 0.159 e. The minimum absolute atomic E-state index is 0.0324. The van der Waals surface area contributed by atoms with Crippen LogP contribution in [0.25, 0.3) is 55.4 Å². The number of rotatable bonds is 4. The van der Waals surface area contributed by atoms with Gasteiger partial charge in [-0.25, -0.2) is 0 Å². The lowest BCUT2D eigenvalue weighted by molar-refractivity contribution is 0.101. The molecule has 0 spiro atoms. The average molecular weight is 440 g/mol. The Morgan fingerprint density at radius 2 is 1.41 bits per heavy atom. The summed E-state index contributed by atoms with van der Waals surface area (Å²) in [6.45, 7) is 1.61. The number of hydrogen-bond donors (Lipinski definition) is 0. The number of carbonyl (C=O) groups is 1. The summed E-state index contributed by atoms with van der Waals surface area (Å²) in [5, 5.41) is 2.16. The number of fused-ring (bicyclic) bond motifs is 3. The molecule has 0 N–H and O–H groups in total. The first-order valence-electron chi connectivity index (χ1n) is 11.3. The molecule has 6 aromatic rings. The van der Waals surface area contributed by atoms with E-state index in [9.17, 15) is 4.79 Å². The van der Waals surface area contributed by atoms with Crippen molar-refractivity contribution >= 4 is 27.7 Å². The summed E-state index contributed by atoms with van der Waals surface area (Å²) >= 11 is 0. The molecule has 0 bridgehead atoms. The van der Waals surface area contributed by atoms with Crippen molar-refractivity contribution in [2.24, 2.45) is 0 Å². The second-order valence-electron chi connectivity index (χ2n) is 8.43. The zero-order valence-electron chi connectivity index (χ0n) is 18.7. The van der Waals surface area contributed by atoms with Crippen LogP contribution in [0.2, 0.25) is 0 Å². The standard InChI is InChI=1S/C31H21NO2/c1-20(33)23-17-24(21-12-14-22(15-13-21)29-10-4-5-16-32-29)19-25(18-23)26-8-6-9-28-27-7-2-3-11-30(27)34-31(26)28/h2-19H,1H3. The minimum atomic E-state index is 0.0324. The molecule has 6 rings (SSSR count). The first-order valence-corrected chi connectivity index (χ1v) is 11.3. The molecule has 2 aromatic heterocycles. The van der Waals surface area contributed by atoms with E-state index in [-0.39, 0.29) is 5.78 Å². The van der Waals surface area contributed by atoms with Gasteiger partial charge in [-0.3, -0.25) is 9.78 Å². The molecule has 0 amide bonds. The van der Waals surface area contributed by atoms with Crippen LogP contribution in [0.3, 0.4) is 0 Å². The normalized spacial score (nSPS) is 11.2. The summed E-state index contributed by atoms with van der Waals surface area (Å²) in [4.78, 5) is 16.9. The molecule has 0 aliphatic heterocycles. The smallest absolute Gasteiger partial charge is 0.159 e.